The fourth-order valence-electron chi connectivity index (χ4n) is 2.25. The van der Waals surface area contributed by atoms with Crippen LogP contribution in [0, 0.1) is 6.92 Å². The van der Waals surface area contributed by atoms with Crippen molar-refractivity contribution in [3.63, 3.8) is 0 Å². The maximum absolute atomic E-state index is 11.3. The van der Waals surface area contributed by atoms with E-state index in [2.05, 4.69) is 9.97 Å². The molecule has 1 heterocycles. The number of carbonyl (C=O) groups is 2. The molecule has 0 bridgehead atoms. The molecule has 0 radical (unpaired) electrons. The summed E-state index contributed by atoms with van der Waals surface area (Å²) in [6.45, 7) is 1.80. The van der Waals surface area contributed by atoms with E-state index in [-0.39, 0.29) is 22.2 Å². The molecule has 1 aromatic heterocycles. The molecule has 3 rings (SSSR count). The smallest absolute Gasteiger partial charge is 0.337 e. The summed E-state index contributed by atoms with van der Waals surface area (Å²) >= 11 is 0. The average molecular weight is 282 g/mol. The lowest BCUT2D eigenvalue weighted by molar-refractivity contribution is 0.0688. The Morgan fingerprint density at radius 2 is 1.52 bits per heavy atom. The highest BCUT2D eigenvalue weighted by atomic mass is 16.4. The predicted octanol–water partition coefficient (Wildman–Crippen LogP) is 2.49. The van der Waals surface area contributed by atoms with E-state index in [1.54, 1.807) is 25.1 Å². The Kier molecular flexibility index (Phi) is 2.79. The highest BCUT2D eigenvalue weighted by Gasteiger charge is 2.16. The van der Waals surface area contributed by atoms with Crippen molar-refractivity contribution >= 4 is 34.0 Å². The SMILES string of the molecule is Cc1ccc(C(=O)O)c2nc3c(C(=O)O)cccc3nc12. The van der Waals surface area contributed by atoms with E-state index in [1.165, 1.54) is 12.1 Å². The van der Waals surface area contributed by atoms with Gasteiger partial charge in [-0.3, -0.25) is 0 Å². The molecule has 0 fully saturated rings. The first kappa shape index (κ1) is 13.0. The molecule has 6 heteroatoms. The van der Waals surface area contributed by atoms with Crippen LogP contribution in [0.3, 0.4) is 0 Å². The van der Waals surface area contributed by atoms with Gasteiger partial charge in [0.15, 0.2) is 0 Å². The third-order valence-corrected chi connectivity index (χ3v) is 3.28. The van der Waals surface area contributed by atoms with Gasteiger partial charge in [-0.25, -0.2) is 19.6 Å². The van der Waals surface area contributed by atoms with Crippen molar-refractivity contribution in [1.29, 1.82) is 0 Å². The number of aryl methyl sites for hydroxylation is 1. The number of nitrogens with zero attached hydrogens (tertiary/aromatic N) is 2. The van der Waals surface area contributed by atoms with E-state index in [4.69, 9.17) is 0 Å². The van der Waals surface area contributed by atoms with Gasteiger partial charge in [0.1, 0.15) is 11.0 Å². The summed E-state index contributed by atoms with van der Waals surface area (Å²) in [5.74, 6) is -2.25. The monoisotopic (exact) mass is 282 g/mol. The fourth-order valence-corrected chi connectivity index (χ4v) is 2.25. The second-order valence-corrected chi connectivity index (χ2v) is 4.63. The van der Waals surface area contributed by atoms with Crippen LogP contribution in [-0.4, -0.2) is 32.1 Å². The Balaban J connectivity index is 2.52. The summed E-state index contributed by atoms with van der Waals surface area (Å²) < 4.78 is 0. The zero-order chi connectivity index (χ0) is 15.1. The minimum atomic E-state index is -1.13. The molecule has 3 aromatic rings. The Morgan fingerprint density at radius 3 is 2.19 bits per heavy atom. The summed E-state index contributed by atoms with van der Waals surface area (Å²) in [6.07, 6.45) is 0. The number of benzene rings is 2. The summed E-state index contributed by atoms with van der Waals surface area (Å²) in [6, 6.07) is 7.77. The fraction of sp³-hybridized carbons (Fsp3) is 0.0667. The Labute approximate surface area is 118 Å². The number of hydrogen-bond donors (Lipinski definition) is 2. The second-order valence-electron chi connectivity index (χ2n) is 4.63. The van der Waals surface area contributed by atoms with E-state index in [0.29, 0.717) is 11.0 Å². The first-order chi connectivity index (χ1) is 9.99. The maximum atomic E-state index is 11.3. The van der Waals surface area contributed by atoms with E-state index in [0.717, 1.165) is 5.56 Å². The number of aromatic nitrogens is 2. The van der Waals surface area contributed by atoms with Gasteiger partial charge in [0, 0.05) is 0 Å². The molecular weight excluding hydrogens is 272 g/mol. The van der Waals surface area contributed by atoms with Gasteiger partial charge in [-0.1, -0.05) is 12.1 Å². The van der Waals surface area contributed by atoms with Crippen LogP contribution in [-0.2, 0) is 0 Å². The molecule has 0 aliphatic heterocycles. The minimum absolute atomic E-state index is 0.000236. The van der Waals surface area contributed by atoms with Gasteiger partial charge in [-0.05, 0) is 30.7 Å². The predicted molar refractivity (Wildman–Crippen MR) is 75.7 cm³/mol. The summed E-state index contributed by atoms with van der Waals surface area (Å²) in [4.78, 5) is 31.2. The van der Waals surface area contributed by atoms with Gasteiger partial charge in [0.25, 0.3) is 0 Å². The van der Waals surface area contributed by atoms with Crippen molar-refractivity contribution in [3.8, 4) is 0 Å². The molecule has 21 heavy (non-hydrogen) atoms. The van der Waals surface area contributed by atoms with Crippen LogP contribution >= 0.6 is 0 Å². The third-order valence-electron chi connectivity index (χ3n) is 3.28. The summed E-state index contributed by atoms with van der Waals surface area (Å²) in [5.41, 5.74) is 2.06. The topological polar surface area (TPSA) is 100 Å². The standard InChI is InChI=1S/C15H10N2O4/c1-7-5-6-9(15(20)21)13-11(7)16-10-4-2-3-8(14(18)19)12(10)17-13/h2-6H,1H3,(H,18,19)(H,20,21). The number of hydrogen-bond acceptors (Lipinski definition) is 4. The molecule has 6 nitrogen and oxygen atoms in total. The van der Waals surface area contributed by atoms with Crippen molar-refractivity contribution in [2.24, 2.45) is 0 Å². The lowest BCUT2D eigenvalue weighted by atomic mass is 10.1. The molecule has 0 aliphatic rings. The van der Waals surface area contributed by atoms with Crippen LogP contribution in [0.4, 0.5) is 0 Å². The molecule has 0 amide bonds. The summed E-state index contributed by atoms with van der Waals surface area (Å²) in [5, 5.41) is 18.4. The van der Waals surface area contributed by atoms with Gasteiger partial charge in [0.05, 0.1) is 22.2 Å². The van der Waals surface area contributed by atoms with Crippen molar-refractivity contribution < 1.29 is 19.8 Å². The van der Waals surface area contributed by atoms with E-state index in [9.17, 15) is 19.8 Å². The van der Waals surface area contributed by atoms with Gasteiger partial charge in [-0.2, -0.15) is 0 Å². The van der Waals surface area contributed by atoms with E-state index in [1.807, 2.05) is 0 Å². The van der Waals surface area contributed by atoms with Crippen molar-refractivity contribution in [1.82, 2.24) is 9.97 Å². The first-order valence-electron chi connectivity index (χ1n) is 6.15. The zero-order valence-corrected chi connectivity index (χ0v) is 11.0. The second kappa shape index (κ2) is 4.52. The minimum Gasteiger partial charge on any atom is -0.478 e. The molecule has 2 aromatic carbocycles. The number of aromatic carboxylic acids is 2. The first-order valence-corrected chi connectivity index (χ1v) is 6.15. The number of para-hydroxylation sites is 1. The van der Waals surface area contributed by atoms with Gasteiger partial charge < -0.3 is 10.2 Å². The quantitative estimate of drug-likeness (QED) is 0.700. The molecular formula is C15H10N2O4. The van der Waals surface area contributed by atoms with Crippen molar-refractivity contribution in [2.45, 2.75) is 6.92 Å². The molecule has 0 unspecified atom stereocenters. The third kappa shape index (κ3) is 1.97. The maximum Gasteiger partial charge on any atom is 0.337 e. The van der Waals surface area contributed by atoms with Crippen LogP contribution in [0.1, 0.15) is 26.3 Å². The summed E-state index contributed by atoms with van der Waals surface area (Å²) in [7, 11) is 0. The van der Waals surface area contributed by atoms with E-state index >= 15 is 0 Å². The van der Waals surface area contributed by atoms with Crippen LogP contribution in [0.5, 0.6) is 0 Å². The van der Waals surface area contributed by atoms with Gasteiger partial charge in [-0.15, -0.1) is 0 Å². The molecule has 0 spiro atoms. The Morgan fingerprint density at radius 1 is 0.857 bits per heavy atom. The molecule has 2 N–H and O–H groups in total. The van der Waals surface area contributed by atoms with Crippen LogP contribution in [0.25, 0.3) is 22.1 Å². The van der Waals surface area contributed by atoms with Crippen LogP contribution in [0.15, 0.2) is 30.3 Å². The van der Waals surface area contributed by atoms with Crippen LogP contribution < -0.4 is 0 Å². The number of fused-ring (bicyclic) bond motifs is 2. The number of rotatable bonds is 2. The average Bonchev–Trinajstić information content (AvgIpc) is 2.45. The molecule has 0 atom stereocenters. The highest BCUT2D eigenvalue weighted by Crippen LogP contribution is 2.24. The molecule has 0 saturated carbocycles. The van der Waals surface area contributed by atoms with Crippen molar-refractivity contribution in [3.05, 3.63) is 47.0 Å². The number of carboxylic acids is 2. The number of carboxylic acid groups (broad SMARTS) is 2. The van der Waals surface area contributed by atoms with E-state index < -0.39 is 11.9 Å². The molecule has 104 valence electrons. The van der Waals surface area contributed by atoms with Crippen molar-refractivity contribution in [2.75, 3.05) is 0 Å². The molecule has 0 saturated heterocycles. The molecule has 0 aliphatic carbocycles. The van der Waals surface area contributed by atoms with Gasteiger partial charge in [0.2, 0.25) is 0 Å². The normalized spacial score (nSPS) is 10.9. The Bertz CT molecular complexity index is 918. The van der Waals surface area contributed by atoms with Gasteiger partial charge >= 0.3 is 11.9 Å². The zero-order valence-electron chi connectivity index (χ0n) is 11.0. The lowest BCUT2D eigenvalue weighted by Gasteiger charge is -2.07. The lowest BCUT2D eigenvalue weighted by Crippen LogP contribution is -2.04. The highest BCUT2D eigenvalue weighted by molar-refractivity contribution is 6.06. The van der Waals surface area contributed by atoms with Crippen LogP contribution in [0.2, 0.25) is 0 Å². The Hall–Kier alpha value is -3.02. The largest absolute Gasteiger partial charge is 0.478 e.